The molecule has 18 heavy (non-hydrogen) atoms. The molecule has 1 fully saturated rings. The molecule has 1 aromatic heterocycles. The van der Waals surface area contributed by atoms with Gasteiger partial charge in [-0.2, -0.15) is 5.10 Å². The third kappa shape index (κ3) is 3.81. The van der Waals surface area contributed by atoms with E-state index in [2.05, 4.69) is 21.0 Å². The molecule has 1 saturated heterocycles. The van der Waals surface area contributed by atoms with E-state index in [1.54, 1.807) is 6.20 Å². The molecular weight excluding hydrogens is 298 g/mol. The molecular formula is C12H18BrN3O2. The van der Waals surface area contributed by atoms with E-state index in [1.807, 2.05) is 22.7 Å². The van der Waals surface area contributed by atoms with Crippen molar-refractivity contribution >= 4 is 21.8 Å². The van der Waals surface area contributed by atoms with Gasteiger partial charge in [-0.05, 0) is 29.3 Å². The van der Waals surface area contributed by atoms with Gasteiger partial charge >= 0.3 is 0 Å². The summed E-state index contributed by atoms with van der Waals surface area (Å²) in [6.45, 7) is 4.86. The molecule has 1 atom stereocenters. The van der Waals surface area contributed by atoms with Crippen LogP contribution in [0, 0.1) is 0 Å². The molecule has 0 radical (unpaired) electrons. The zero-order valence-corrected chi connectivity index (χ0v) is 12.1. The minimum Gasteiger partial charge on any atom is -0.375 e. The predicted octanol–water partition coefficient (Wildman–Crippen LogP) is 1.67. The van der Waals surface area contributed by atoms with Crippen molar-refractivity contribution in [2.75, 3.05) is 19.7 Å². The number of aromatic nitrogens is 2. The molecule has 1 amide bonds. The first-order valence-corrected chi connectivity index (χ1v) is 7.02. The first kappa shape index (κ1) is 13.5. The third-order valence-corrected chi connectivity index (χ3v) is 3.38. The largest absolute Gasteiger partial charge is 0.375 e. The van der Waals surface area contributed by atoms with Gasteiger partial charge < -0.3 is 9.64 Å². The molecule has 0 aromatic carbocycles. The van der Waals surface area contributed by atoms with Crippen molar-refractivity contribution in [1.29, 1.82) is 0 Å². The number of nitrogens with zero attached hydrogens (tertiary/aromatic N) is 3. The van der Waals surface area contributed by atoms with Crippen LogP contribution in [-0.4, -0.2) is 46.4 Å². The van der Waals surface area contributed by atoms with Crippen LogP contribution in [-0.2, 0) is 16.1 Å². The lowest BCUT2D eigenvalue weighted by Crippen LogP contribution is -2.44. The summed E-state index contributed by atoms with van der Waals surface area (Å²) in [5.74, 6) is 0.219. The van der Waals surface area contributed by atoms with E-state index < -0.39 is 0 Å². The van der Waals surface area contributed by atoms with Crippen LogP contribution in [0.4, 0.5) is 0 Å². The Morgan fingerprint density at radius 2 is 2.50 bits per heavy atom. The summed E-state index contributed by atoms with van der Waals surface area (Å²) >= 11 is 3.35. The zero-order chi connectivity index (χ0) is 13.0. The zero-order valence-electron chi connectivity index (χ0n) is 10.5. The van der Waals surface area contributed by atoms with Gasteiger partial charge in [-0.25, -0.2) is 0 Å². The van der Waals surface area contributed by atoms with Crippen LogP contribution >= 0.6 is 15.9 Å². The molecule has 1 aliphatic heterocycles. The molecule has 0 unspecified atom stereocenters. The second-order valence-corrected chi connectivity index (χ2v) is 5.46. The molecule has 0 bridgehead atoms. The Bertz CT molecular complexity index is 408. The highest BCUT2D eigenvalue weighted by molar-refractivity contribution is 9.10. The fourth-order valence-corrected chi connectivity index (χ4v) is 2.38. The van der Waals surface area contributed by atoms with Crippen molar-refractivity contribution in [3.63, 3.8) is 0 Å². The normalized spacial score (nSPS) is 20.1. The Balaban J connectivity index is 1.71. The highest BCUT2D eigenvalue weighted by atomic mass is 79.9. The van der Waals surface area contributed by atoms with Crippen LogP contribution in [0.2, 0.25) is 0 Å². The second kappa shape index (κ2) is 6.33. The molecule has 0 spiro atoms. The van der Waals surface area contributed by atoms with Gasteiger partial charge in [0.25, 0.3) is 0 Å². The first-order valence-electron chi connectivity index (χ1n) is 6.22. The monoisotopic (exact) mass is 315 g/mol. The van der Waals surface area contributed by atoms with Gasteiger partial charge in [0.05, 0.1) is 23.4 Å². The van der Waals surface area contributed by atoms with Crippen LogP contribution in [0.3, 0.4) is 0 Å². The van der Waals surface area contributed by atoms with Crippen LogP contribution in [0.5, 0.6) is 0 Å². The molecule has 100 valence electrons. The smallest absolute Gasteiger partial charge is 0.222 e. The first-order chi connectivity index (χ1) is 8.65. The van der Waals surface area contributed by atoms with Crippen molar-refractivity contribution in [3.05, 3.63) is 16.9 Å². The van der Waals surface area contributed by atoms with Gasteiger partial charge in [0.1, 0.15) is 0 Å². The van der Waals surface area contributed by atoms with E-state index >= 15 is 0 Å². The van der Waals surface area contributed by atoms with Crippen molar-refractivity contribution < 1.29 is 9.53 Å². The van der Waals surface area contributed by atoms with E-state index in [9.17, 15) is 4.79 Å². The number of aryl methyl sites for hydroxylation is 1. The summed E-state index contributed by atoms with van der Waals surface area (Å²) in [6.07, 6.45) is 5.22. The maximum absolute atomic E-state index is 12.0. The standard InChI is InChI=1S/C12H18BrN3O2/c1-10-8-15(5-6-18-10)12(17)3-2-4-16-9-11(13)7-14-16/h7,9-10H,2-6,8H2,1H3/t10-/m0/s1. The molecule has 1 aromatic rings. The number of carbonyl (C=O) groups is 1. The van der Waals surface area contributed by atoms with Gasteiger partial charge in [-0.15, -0.1) is 0 Å². The van der Waals surface area contributed by atoms with Gasteiger partial charge in [0, 0.05) is 32.3 Å². The number of hydrogen-bond donors (Lipinski definition) is 0. The average molecular weight is 316 g/mol. The highest BCUT2D eigenvalue weighted by Gasteiger charge is 2.20. The summed E-state index contributed by atoms with van der Waals surface area (Å²) in [5.41, 5.74) is 0. The Kier molecular flexibility index (Phi) is 4.77. The quantitative estimate of drug-likeness (QED) is 0.849. The van der Waals surface area contributed by atoms with Crippen molar-refractivity contribution in [1.82, 2.24) is 14.7 Å². The Morgan fingerprint density at radius 3 is 3.17 bits per heavy atom. The summed E-state index contributed by atoms with van der Waals surface area (Å²) in [6, 6.07) is 0. The maximum atomic E-state index is 12.0. The molecule has 0 aliphatic carbocycles. The second-order valence-electron chi connectivity index (χ2n) is 4.55. The number of hydrogen-bond acceptors (Lipinski definition) is 3. The third-order valence-electron chi connectivity index (χ3n) is 2.97. The van der Waals surface area contributed by atoms with E-state index in [1.165, 1.54) is 0 Å². The van der Waals surface area contributed by atoms with Crippen molar-refractivity contribution in [2.45, 2.75) is 32.4 Å². The Labute approximate surface area is 115 Å². The molecule has 5 nitrogen and oxygen atoms in total. The van der Waals surface area contributed by atoms with Crippen molar-refractivity contribution in [3.8, 4) is 0 Å². The van der Waals surface area contributed by atoms with Crippen LogP contribution < -0.4 is 0 Å². The Hall–Kier alpha value is -0.880. The minimum absolute atomic E-state index is 0.157. The molecule has 6 heteroatoms. The topological polar surface area (TPSA) is 47.4 Å². The molecule has 1 aliphatic rings. The highest BCUT2D eigenvalue weighted by Crippen LogP contribution is 2.09. The van der Waals surface area contributed by atoms with Crippen LogP contribution in [0.15, 0.2) is 16.9 Å². The van der Waals surface area contributed by atoms with Gasteiger partial charge in [0.2, 0.25) is 5.91 Å². The lowest BCUT2D eigenvalue weighted by atomic mass is 10.2. The van der Waals surface area contributed by atoms with Gasteiger partial charge in [-0.1, -0.05) is 0 Å². The number of rotatable bonds is 4. The summed E-state index contributed by atoms with van der Waals surface area (Å²) in [4.78, 5) is 13.9. The number of amides is 1. The maximum Gasteiger partial charge on any atom is 0.222 e. The Morgan fingerprint density at radius 1 is 1.67 bits per heavy atom. The fourth-order valence-electron chi connectivity index (χ4n) is 2.06. The SMILES string of the molecule is C[C@H]1CN(C(=O)CCCn2cc(Br)cn2)CCO1. The van der Waals surface area contributed by atoms with Gasteiger partial charge in [-0.3, -0.25) is 9.48 Å². The number of ether oxygens (including phenoxy) is 1. The van der Waals surface area contributed by atoms with Crippen molar-refractivity contribution in [2.24, 2.45) is 0 Å². The van der Waals surface area contributed by atoms with Gasteiger partial charge in [0.15, 0.2) is 0 Å². The lowest BCUT2D eigenvalue weighted by molar-refractivity contribution is -0.138. The molecule has 2 heterocycles. The molecule has 2 rings (SSSR count). The molecule has 0 saturated carbocycles. The fraction of sp³-hybridized carbons (Fsp3) is 0.667. The van der Waals surface area contributed by atoms with Crippen LogP contribution in [0.1, 0.15) is 19.8 Å². The number of halogens is 1. The van der Waals surface area contributed by atoms with E-state index in [0.717, 1.165) is 24.0 Å². The van der Waals surface area contributed by atoms with E-state index in [-0.39, 0.29) is 12.0 Å². The summed E-state index contributed by atoms with van der Waals surface area (Å²) in [7, 11) is 0. The summed E-state index contributed by atoms with van der Waals surface area (Å²) in [5, 5.41) is 4.16. The number of morpholine rings is 1. The lowest BCUT2D eigenvalue weighted by Gasteiger charge is -2.31. The molecule has 0 N–H and O–H groups in total. The number of carbonyl (C=O) groups excluding carboxylic acids is 1. The minimum atomic E-state index is 0.157. The summed E-state index contributed by atoms with van der Waals surface area (Å²) < 4.78 is 8.24. The van der Waals surface area contributed by atoms with E-state index in [0.29, 0.717) is 19.6 Å². The average Bonchev–Trinajstić information content (AvgIpc) is 2.75. The van der Waals surface area contributed by atoms with E-state index in [4.69, 9.17) is 4.74 Å². The predicted molar refractivity (Wildman–Crippen MR) is 71.2 cm³/mol. The van der Waals surface area contributed by atoms with Crippen LogP contribution in [0.25, 0.3) is 0 Å².